The minimum atomic E-state index is -5.63. The van der Waals surface area contributed by atoms with Crippen molar-refractivity contribution in [1.29, 1.82) is 0 Å². The third-order valence-corrected chi connectivity index (χ3v) is 4.59. The summed E-state index contributed by atoms with van der Waals surface area (Å²) in [6, 6.07) is -1.57. The summed E-state index contributed by atoms with van der Waals surface area (Å²) < 4.78 is 77.3. The molecule has 1 fully saturated rings. The lowest BCUT2D eigenvalue weighted by atomic mass is 9.81. The number of carbonyl (C=O) groups excluding carboxylic acids is 2. The van der Waals surface area contributed by atoms with Crippen LogP contribution in [0.2, 0.25) is 0 Å². The molecule has 0 bridgehead atoms. The van der Waals surface area contributed by atoms with Crippen molar-refractivity contribution in [3.8, 4) is 0 Å². The van der Waals surface area contributed by atoms with Crippen molar-refractivity contribution in [2.24, 2.45) is 5.92 Å². The Hall–Kier alpha value is -1.81. The predicted octanol–water partition coefficient (Wildman–Crippen LogP) is 4.06. The molecule has 1 saturated carbocycles. The Bertz CT molecular complexity index is 514. The van der Waals surface area contributed by atoms with Crippen LogP contribution >= 0.6 is 0 Å². The number of carbonyl (C=O) groups is 3. The lowest BCUT2D eigenvalue weighted by Crippen LogP contribution is -2.56. The van der Waals surface area contributed by atoms with Crippen LogP contribution in [0.4, 0.5) is 26.3 Å². The van der Waals surface area contributed by atoms with Crippen molar-refractivity contribution in [1.82, 2.24) is 4.90 Å². The Kier molecular flexibility index (Phi) is 8.09. The van der Waals surface area contributed by atoms with Crippen LogP contribution in [0.25, 0.3) is 0 Å². The van der Waals surface area contributed by atoms with Gasteiger partial charge in [0, 0.05) is 12.5 Å². The first-order chi connectivity index (χ1) is 12.4. The van der Waals surface area contributed by atoms with Crippen molar-refractivity contribution in [2.45, 2.75) is 76.2 Å². The molecule has 5 nitrogen and oxygen atoms in total. The number of carboxylic acid groups (broad SMARTS) is 1. The number of hydrogen-bond donors (Lipinski definition) is 1. The molecule has 156 valence electrons. The number of aliphatic carboxylic acids is 1. The van der Waals surface area contributed by atoms with Gasteiger partial charge in [0.15, 0.2) is 0 Å². The van der Waals surface area contributed by atoms with Crippen LogP contribution in [0, 0.1) is 5.92 Å². The maximum atomic E-state index is 12.9. The number of rotatable bonds is 7. The highest BCUT2D eigenvalue weighted by molar-refractivity contribution is 6.00. The molecule has 0 radical (unpaired) electrons. The molecule has 0 aromatic carbocycles. The molecule has 0 aromatic heterocycles. The van der Waals surface area contributed by atoms with E-state index in [4.69, 9.17) is 5.11 Å². The van der Waals surface area contributed by atoms with Gasteiger partial charge in [-0.05, 0) is 31.6 Å². The number of alkyl halides is 6. The third-order valence-electron chi connectivity index (χ3n) is 4.59. The largest absolute Gasteiger partial charge is 0.481 e. The Balaban J connectivity index is 3.15. The summed E-state index contributed by atoms with van der Waals surface area (Å²) in [6.07, 6.45) is -9.35. The summed E-state index contributed by atoms with van der Waals surface area (Å²) in [7, 11) is 0. The van der Waals surface area contributed by atoms with Crippen LogP contribution < -0.4 is 0 Å². The van der Waals surface area contributed by atoms with Gasteiger partial charge in [0.25, 0.3) is 0 Å². The molecule has 0 saturated heterocycles. The fourth-order valence-corrected chi connectivity index (χ4v) is 3.39. The van der Waals surface area contributed by atoms with Gasteiger partial charge in [-0.3, -0.25) is 19.3 Å². The summed E-state index contributed by atoms with van der Waals surface area (Å²) in [5.41, 5.74) is 0. The molecule has 1 aliphatic carbocycles. The molecule has 0 spiro atoms. The zero-order valence-corrected chi connectivity index (χ0v) is 14.4. The second kappa shape index (κ2) is 9.41. The van der Waals surface area contributed by atoms with Gasteiger partial charge in [-0.2, -0.15) is 26.3 Å². The van der Waals surface area contributed by atoms with E-state index in [1.54, 1.807) is 0 Å². The number of carboxylic acids is 1. The van der Waals surface area contributed by atoms with E-state index in [0.717, 1.165) is 6.42 Å². The smallest absolute Gasteiger partial charge is 0.471 e. The van der Waals surface area contributed by atoms with Crippen LogP contribution in [0.1, 0.15) is 57.8 Å². The summed E-state index contributed by atoms with van der Waals surface area (Å²) in [4.78, 5) is 33.2. The maximum Gasteiger partial charge on any atom is 0.471 e. The summed E-state index contributed by atoms with van der Waals surface area (Å²) in [5, 5.41) is 8.61. The topological polar surface area (TPSA) is 74.7 Å². The molecule has 1 unspecified atom stereocenters. The predicted molar refractivity (Wildman–Crippen MR) is 80.4 cm³/mol. The molecule has 11 heteroatoms. The Morgan fingerprint density at radius 1 is 0.889 bits per heavy atom. The lowest BCUT2D eigenvalue weighted by molar-refractivity contribution is -0.208. The van der Waals surface area contributed by atoms with Crippen LogP contribution in [0.5, 0.6) is 0 Å². The molecule has 2 amide bonds. The molecule has 1 N–H and O–H groups in total. The van der Waals surface area contributed by atoms with Gasteiger partial charge in [0.2, 0.25) is 0 Å². The van der Waals surface area contributed by atoms with Crippen molar-refractivity contribution in [3.05, 3.63) is 0 Å². The van der Waals surface area contributed by atoms with Crippen molar-refractivity contribution in [2.75, 3.05) is 0 Å². The highest BCUT2D eigenvalue weighted by Crippen LogP contribution is 2.35. The normalized spacial score (nSPS) is 17.4. The van der Waals surface area contributed by atoms with Gasteiger partial charge in [-0.15, -0.1) is 0 Å². The highest BCUT2D eigenvalue weighted by atomic mass is 19.4. The van der Waals surface area contributed by atoms with E-state index in [0.29, 0.717) is 25.7 Å². The minimum absolute atomic E-state index is 0.0136. The monoisotopic (exact) mass is 405 g/mol. The standard InChI is InChI=1S/C16H21F6NO4/c17-15(18,19)13(26)23(14(27)16(20,21)22)11(8-4-5-9-12(24)25)10-6-2-1-3-7-10/h10-11H,1-9H2,(H,24,25). The molecule has 1 atom stereocenters. The van der Waals surface area contributed by atoms with E-state index in [1.807, 2.05) is 0 Å². The minimum Gasteiger partial charge on any atom is -0.481 e. The van der Waals surface area contributed by atoms with E-state index in [2.05, 4.69) is 0 Å². The second-order valence-electron chi connectivity index (χ2n) is 6.58. The molecule has 0 aliphatic heterocycles. The van der Waals surface area contributed by atoms with Crippen molar-refractivity contribution < 1.29 is 45.8 Å². The molecule has 0 aromatic rings. The zero-order valence-electron chi connectivity index (χ0n) is 14.4. The highest BCUT2D eigenvalue weighted by Gasteiger charge is 2.55. The van der Waals surface area contributed by atoms with Crippen LogP contribution in [-0.2, 0) is 14.4 Å². The maximum absolute atomic E-state index is 12.9. The average Bonchev–Trinajstić information content (AvgIpc) is 2.55. The van der Waals surface area contributed by atoms with Gasteiger partial charge in [-0.25, -0.2) is 0 Å². The van der Waals surface area contributed by atoms with Gasteiger partial charge in [0.1, 0.15) is 0 Å². The number of nitrogens with zero attached hydrogens (tertiary/aromatic N) is 1. The van der Waals surface area contributed by atoms with Gasteiger partial charge in [-0.1, -0.05) is 25.7 Å². The molecule has 27 heavy (non-hydrogen) atoms. The SMILES string of the molecule is O=C(O)CCCCC(C1CCCCC1)N(C(=O)C(F)(F)F)C(=O)C(F)(F)F. The van der Waals surface area contributed by atoms with Crippen molar-refractivity contribution >= 4 is 17.8 Å². The summed E-state index contributed by atoms with van der Waals surface area (Å²) in [6.45, 7) is 0. The average molecular weight is 405 g/mol. The first-order valence-electron chi connectivity index (χ1n) is 8.59. The first-order valence-corrected chi connectivity index (χ1v) is 8.59. The fourth-order valence-electron chi connectivity index (χ4n) is 3.39. The van der Waals surface area contributed by atoms with Gasteiger partial charge >= 0.3 is 30.1 Å². The van der Waals surface area contributed by atoms with E-state index in [-0.39, 0.29) is 25.7 Å². The van der Waals surface area contributed by atoms with E-state index >= 15 is 0 Å². The molecular weight excluding hydrogens is 384 g/mol. The Morgan fingerprint density at radius 3 is 1.78 bits per heavy atom. The number of halogens is 6. The Morgan fingerprint density at radius 2 is 1.37 bits per heavy atom. The number of hydrogen-bond acceptors (Lipinski definition) is 3. The first kappa shape index (κ1) is 23.2. The van der Waals surface area contributed by atoms with Gasteiger partial charge < -0.3 is 5.11 Å². The summed E-state index contributed by atoms with van der Waals surface area (Å²) in [5.74, 6) is -7.50. The number of unbranched alkanes of at least 4 members (excludes halogenated alkanes) is 1. The molecular formula is C16H21F6NO4. The lowest BCUT2D eigenvalue weighted by Gasteiger charge is -2.38. The number of amides is 2. The van der Waals surface area contributed by atoms with Crippen molar-refractivity contribution in [3.63, 3.8) is 0 Å². The number of imide groups is 1. The molecule has 1 rings (SSSR count). The molecule has 0 heterocycles. The van der Waals surface area contributed by atoms with Gasteiger partial charge in [0.05, 0.1) is 0 Å². The zero-order chi connectivity index (χ0) is 20.8. The van der Waals surface area contributed by atoms with Crippen LogP contribution in [-0.4, -0.2) is 46.2 Å². The quantitative estimate of drug-likeness (QED) is 0.512. The second-order valence-corrected chi connectivity index (χ2v) is 6.58. The van der Waals surface area contributed by atoms with Crippen LogP contribution in [0.15, 0.2) is 0 Å². The fraction of sp³-hybridized carbons (Fsp3) is 0.812. The Labute approximate surface area is 151 Å². The summed E-state index contributed by atoms with van der Waals surface area (Å²) >= 11 is 0. The van der Waals surface area contributed by atoms with Crippen LogP contribution in [0.3, 0.4) is 0 Å². The van der Waals surface area contributed by atoms with E-state index in [9.17, 15) is 40.7 Å². The molecule has 1 aliphatic rings. The third kappa shape index (κ3) is 7.02. The van der Waals surface area contributed by atoms with E-state index in [1.165, 1.54) is 0 Å². The van der Waals surface area contributed by atoms with E-state index < -0.39 is 47.0 Å².